The number of benzene rings is 1. The van der Waals surface area contributed by atoms with Crippen molar-refractivity contribution in [2.45, 2.75) is 32.6 Å². The molecule has 2 saturated heterocycles. The molecule has 0 bridgehead atoms. The summed E-state index contributed by atoms with van der Waals surface area (Å²) in [7, 11) is 4.05. The third-order valence-electron chi connectivity index (χ3n) is 5.93. The number of carbonyl (C=O) groups excluding carboxylic acids is 2. The molecule has 0 aromatic heterocycles. The van der Waals surface area contributed by atoms with Crippen molar-refractivity contribution in [3.05, 3.63) is 29.8 Å². The van der Waals surface area contributed by atoms with Crippen LogP contribution in [0.3, 0.4) is 0 Å². The van der Waals surface area contributed by atoms with E-state index in [0.29, 0.717) is 6.42 Å². The van der Waals surface area contributed by atoms with E-state index in [0.717, 1.165) is 63.3 Å². The van der Waals surface area contributed by atoms with Crippen molar-refractivity contribution in [2.24, 2.45) is 5.41 Å². The molecule has 2 amide bonds. The first-order chi connectivity index (χ1) is 13.4. The number of aryl methyl sites for hydroxylation is 1. The van der Waals surface area contributed by atoms with E-state index in [1.165, 1.54) is 0 Å². The lowest BCUT2D eigenvalue weighted by Crippen LogP contribution is -2.56. The monoisotopic (exact) mass is 387 g/mol. The number of rotatable bonds is 6. The number of hydrogen-bond donors (Lipinski definition) is 0. The Morgan fingerprint density at radius 2 is 2.07 bits per heavy atom. The molecule has 3 rings (SSSR count). The highest BCUT2D eigenvalue weighted by Crippen LogP contribution is 2.38. The molecule has 2 heterocycles. The normalized spacial score (nSPS) is 22.8. The minimum absolute atomic E-state index is 0.0392. The third kappa shape index (κ3) is 5.25. The van der Waals surface area contributed by atoms with E-state index in [-0.39, 0.29) is 23.8 Å². The summed E-state index contributed by atoms with van der Waals surface area (Å²) in [4.78, 5) is 31.1. The van der Waals surface area contributed by atoms with Gasteiger partial charge in [0.05, 0.1) is 0 Å². The Kier molecular flexibility index (Phi) is 6.60. The second kappa shape index (κ2) is 8.95. The number of nitrogens with zero attached hydrogens (tertiary/aromatic N) is 3. The van der Waals surface area contributed by atoms with Gasteiger partial charge in [0.1, 0.15) is 5.75 Å². The molecule has 0 aliphatic carbocycles. The van der Waals surface area contributed by atoms with Gasteiger partial charge in [-0.15, -0.1) is 0 Å². The van der Waals surface area contributed by atoms with E-state index < -0.39 is 0 Å². The molecular formula is C22H33N3O3. The van der Waals surface area contributed by atoms with Gasteiger partial charge in [0.15, 0.2) is 6.61 Å². The molecule has 6 heteroatoms. The second-order valence-corrected chi connectivity index (χ2v) is 8.64. The average Bonchev–Trinajstić information content (AvgIpc) is 2.67. The quantitative estimate of drug-likeness (QED) is 0.751. The molecule has 28 heavy (non-hydrogen) atoms. The van der Waals surface area contributed by atoms with Crippen LogP contribution in [-0.2, 0) is 9.59 Å². The van der Waals surface area contributed by atoms with E-state index in [1.54, 1.807) is 0 Å². The SMILES string of the molecule is Cc1cccc(OCC(=O)N2CCC[C@]3(CCC(=O)N(CCN(C)C)C3)C2)c1. The van der Waals surface area contributed by atoms with Crippen molar-refractivity contribution in [3.63, 3.8) is 0 Å². The maximum atomic E-state index is 12.8. The lowest BCUT2D eigenvalue weighted by molar-refractivity contribution is -0.144. The minimum Gasteiger partial charge on any atom is -0.484 e. The zero-order valence-electron chi connectivity index (χ0n) is 17.4. The summed E-state index contributed by atoms with van der Waals surface area (Å²) in [6.45, 7) is 5.99. The lowest BCUT2D eigenvalue weighted by atomic mass is 9.73. The van der Waals surface area contributed by atoms with Crippen LogP contribution in [0.25, 0.3) is 0 Å². The van der Waals surface area contributed by atoms with E-state index >= 15 is 0 Å². The van der Waals surface area contributed by atoms with Crippen LogP contribution in [-0.4, -0.2) is 79.9 Å². The summed E-state index contributed by atoms with van der Waals surface area (Å²) in [6, 6.07) is 7.77. The third-order valence-corrected chi connectivity index (χ3v) is 5.93. The van der Waals surface area contributed by atoms with Gasteiger partial charge in [0.25, 0.3) is 5.91 Å². The van der Waals surface area contributed by atoms with Gasteiger partial charge in [-0.1, -0.05) is 12.1 Å². The van der Waals surface area contributed by atoms with Crippen molar-refractivity contribution >= 4 is 11.8 Å². The molecule has 2 aliphatic heterocycles. The van der Waals surface area contributed by atoms with E-state index in [2.05, 4.69) is 4.90 Å². The number of carbonyl (C=O) groups is 2. The summed E-state index contributed by atoms with van der Waals surface area (Å²) in [5, 5.41) is 0. The molecule has 0 N–H and O–H groups in total. The summed E-state index contributed by atoms with van der Waals surface area (Å²) in [6.07, 6.45) is 3.55. The fraction of sp³-hybridized carbons (Fsp3) is 0.636. The number of likely N-dealkylation sites (tertiary alicyclic amines) is 2. The van der Waals surface area contributed by atoms with Gasteiger partial charge < -0.3 is 19.4 Å². The molecule has 2 fully saturated rings. The largest absolute Gasteiger partial charge is 0.484 e. The molecular weight excluding hydrogens is 354 g/mol. The number of likely N-dealkylation sites (N-methyl/N-ethyl adjacent to an activating group) is 1. The Hall–Kier alpha value is -2.08. The highest BCUT2D eigenvalue weighted by molar-refractivity contribution is 5.79. The Morgan fingerprint density at radius 3 is 2.82 bits per heavy atom. The average molecular weight is 388 g/mol. The fourth-order valence-corrected chi connectivity index (χ4v) is 4.32. The van der Waals surface area contributed by atoms with Gasteiger partial charge in [0.2, 0.25) is 5.91 Å². The van der Waals surface area contributed by atoms with Gasteiger partial charge in [-0.2, -0.15) is 0 Å². The van der Waals surface area contributed by atoms with Crippen molar-refractivity contribution in [1.29, 1.82) is 0 Å². The molecule has 1 aromatic rings. The highest BCUT2D eigenvalue weighted by atomic mass is 16.5. The van der Waals surface area contributed by atoms with Crippen LogP contribution in [0.4, 0.5) is 0 Å². The summed E-state index contributed by atoms with van der Waals surface area (Å²) in [5.74, 6) is 1.02. The Balaban J connectivity index is 1.57. The van der Waals surface area contributed by atoms with Gasteiger partial charge in [-0.25, -0.2) is 0 Å². The van der Waals surface area contributed by atoms with Crippen LogP contribution in [0.15, 0.2) is 24.3 Å². The maximum absolute atomic E-state index is 12.8. The predicted octanol–water partition coefficient (Wildman–Crippen LogP) is 2.17. The molecule has 0 radical (unpaired) electrons. The number of hydrogen-bond acceptors (Lipinski definition) is 4. The van der Waals surface area contributed by atoms with Gasteiger partial charge in [0, 0.05) is 44.6 Å². The number of piperidine rings is 2. The molecule has 0 saturated carbocycles. The molecule has 1 aromatic carbocycles. The Labute approximate surface area is 168 Å². The summed E-state index contributed by atoms with van der Waals surface area (Å²) >= 11 is 0. The topological polar surface area (TPSA) is 53.1 Å². The first-order valence-corrected chi connectivity index (χ1v) is 10.3. The van der Waals surface area contributed by atoms with Crippen molar-refractivity contribution in [1.82, 2.24) is 14.7 Å². The van der Waals surface area contributed by atoms with Crippen LogP contribution < -0.4 is 4.74 Å². The minimum atomic E-state index is 0.0392. The zero-order valence-corrected chi connectivity index (χ0v) is 17.4. The van der Waals surface area contributed by atoms with Crippen molar-refractivity contribution in [2.75, 3.05) is 53.4 Å². The second-order valence-electron chi connectivity index (χ2n) is 8.64. The molecule has 1 atom stereocenters. The van der Waals surface area contributed by atoms with Crippen LogP contribution in [0.5, 0.6) is 5.75 Å². The van der Waals surface area contributed by atoms with Crippen molar-refractivity contribution < 1.29 is 14.3 Å². The highest BCUT2D eigenvalue weighted by Gasteiger charge is 2.42. The van der Waals surface area contributed by atoms with Crippen LogP contribution in [0.1, 0.15) is 31.2 Å². The zero-order chi connectivity index (χ0) is 20.1. The molecule has 6 nitrogen and oxygen atoms in total. The van der Waals surface area contributed by atoms with Gasteiger partial charge >= 0.3 is 0 Å². The molecule has 154 valence electrons. The van der Waals surface area contributed by atoms with Crippen LogP contribution in [0.2, 0.25) is 0 Å². The standard InChI is InChI=1S/C22H33N3O3/c1-18-6-4-7-19(14-18)28-15-21(27)24-11-5-9-22(16-24)10-8-20(26)25(17-22)13-12-23(2)3/h4,6-7,14H,5,8-13,15-17H2,1-3H3/t22-/m0/s1. The molecule has 0 unspecified atom stereocenters. The first-order valence-electron chi connectivity index (χ1n) is 10.3. The van der Waals surface area contributed by atoms with Gasteiger partial charge in [-0.3, -0.25) is 9.59 Å². The van der Waals surface area contributed by atoms with E-state index in [4.69, 9.17) is 4.74 Å². The summed E-state index contributed by atoms with van der Waals surface area (Å²) < 4.78 is 5.72. The Bertz CT molecular complexity index is 706. The van der Waals surface area contributed by atoms with E-state index in [9.17, 15) is 9.59 Å². The number of ether oxygens (including phenoxy) is 1. The van der Waals surface area contributed by atoms with Crippen LogP contribution >= 0.6 is 0 Å². The predicted molar refractivity (Wildman–Crippen MR) is 109 cm³/mol. The smallest absolute Gasteiger partial charge is 0.260 e. The van der Waals surface area contributed by atoms with Gasteiger partial charge in [-0.05, 0) is 58.0 Å². The molecule has 2 aliphatic rings. The van der Waals surface area contributed by atoms with E-state index in [1.807, 2.05) is 55.1 Å². The molecule has 1 spiro atoms. The Morgan fingerprint density at radius 1 is 1.25 bits per heavy atom. The lowest BCUT2D eigenvalue weighted by Gasteiger charge is -2.48. The first kappa shape index (κ1) is 20.6. The van der Waals surface area contributed by atoms with Crippen LogP contribution in [0, 0.1) is 12.3 Å². The summed E-state index contributed by atoms with van der Waals surface area (Å²) in [5.41, 5.74) is 1.16. The fourth-order valence-electron chi connectivity index (χ4n) is 4.32. The number of amides is 2. The maximum Gasteiger partial charge on any atom is 0.260 e. The van der Waals surface area contributed by atoms with Crippen molar-refractivity contribution in [3.8, 4) is 5.75 Å².